The first-order chi connectivity index (χ1) is 16.1. The maximum atomic E-state index is 12.8. The van der Waals surface area contributed by atoms with Gasteiger partial charge in [-0.2, -0.15) is 9.78 Å². The number of anilines is 1. The first-order valence-electron chi connectivity index (χ1n) is 11.1. The normalized spacial score (nSPS) is 15.4. The maximum Gasteiger partial charge on any atom is 0.226 e. The van der Waals surface area contributed by atoms with Crippen LogP contribution in [0.25, 0.3) is 15.3 Å². The molecule has 0 aliphatic carbocycles. The molecule has 33 heavy (non-hydrogen) atoms. The Balaban J connectivity index is 1.59. The molecule has 1 amide bonds. The second-order valence-corrected chi connectivity index (χ2v) is 9.14. The van der Waals surface area contributed by atoms with Gasteiger partial charge in [0.2, 0.25) is 11.0 Å². The highest BCUT2D eigenvalue weighted by molar-refractivity contribution is 7.20. The Morgan fingerprint density at radius 2 is 2.09 bits per heavy atom. The van der Waals surface area contributed by atoms with Gasteiger partial charge in [-0.3, -0.25) is 4.79 Å². The average molecular weight is 463 g/mol. The van der Waals surface area contributed by atoms with Crippen molar-refractivity contribution in [2.24, 2.45) is 0 Å². The largest absolute Gasteiger partial charge is 0.497 e. The van der Waals surface area contributed by atoms with E-state index in [2.05, 4.69) is 18.3 Å². The van der Waals surface area contributed by atoms with E-state index in [-0.39, 0.29) is 11.8 Å². The summed E-state index contributed by atoms with van der Waals surface area (Å²) in [5, 5.41) is 8.55. The molecule has 0 bridgehead atoms. The Hall–Kier alpha value is -3.39. The Kier molecular flexibility index (Phi) is 5.76. The number of para-hydroxylation sites is 1. The van der Waals surface area contributed by atoms with Crippen LogP contribution in [0.4, 0.5) is 5.82 Å². The fraction of sp³-hybridized carbons (Fsp3) is 0.320. The molecule has 1 aliphatic rings. The van der Waals surface area contributed by atoms with Gasteiger partial charge in [0.15, 0.2) is 0 Å². The number of fused-ring (bicyclic) bond motifs is 2. The molecule has 0 saturated carbocycles. The van der Waals surface area contributed by atoms with Crippen LogP contribution in [0, 0.1) is 6.92 Å². The number of unbranched alkanes of at least 4 members (excludes halogenated alkanes) is 1. The number of aryl methyl sites for hydroxylation is 1. The summed E-state index contributed by atoms with van der Waals surface area (Å²) in [7, 11) is 1.65. The van der Waals surface area contributed by atoms with Gasteiger partial charge in [-0.25, -0.2) is 4.98 Å². The summed E-state index contributed by atoms with van der Waals surface area (Å²) in [5.74, 6) is 2.12. The monoisotopic (exact) mass is 462 g/mol. The van der Waals surface area contributed by atoms with E-state index in [1.54, 1.807) is 11.8 Å². The lowest BCUT2D eigenvalue weighted by atomic mass is 9.85. The maximum absolute atomic E-state index is 12.8. The zero-order valence-corrected chi connectivity index (χ0v) is 19.7. The quantitative estimate of drug-likeness (QED) is 0.370. The van der Waals surface area contributed by atoms with Crippen molar-refractivity contribution in [1.29, 1.82) is 0 Å². The molecule has 2 aromatic carbocycles. The van der Waals surface area contributed by atoms with Crippen LogP contribution < -0.4 is 14.8 Å². The van der Waals surface area contributed by atoms with E-state index in [1.807, 2.05) is 43.3 Å². The third-order valence-corrected chi connectivity index (χ3v) is 6.91. The number of carbonyl (C=O) groups is 1. The molecule has 0 spiro atoms. The number of ether oxygens (including phenoxy) is 2. The molecule has 1 atom stereocenters. The lowest BCUT2D eigenvalue weighted by Gasteiger charge is -2.25. The van der Waals surface area contributed by atoms with Gasteiger partial charge in [0.1, 0.15) is 17.3 Å². The Bertz CT molecular complexity index is 1330. The highest BCUT2D eigenvalue weighted by atomic mass is 32.1. The molecule has 2 aromatic heterocycles. The summed E-state index contributed by atoms with van der Waals surface area (Å²) >= 11 is 1.51. The number of methoxy groups -OCH3 is 1. The van der Waals surface area contributed by atoms with Crippen molar-refractivity contribution >= 4 is 33.3 Å². The van der Waals surface area contributed by atoms with E-state index in [0.717, 1.165) is 51.4 Å². The smallest absolute Gasteiger partial charge is 0.226 e. The number of nitrogens with zero attached hydrogens (tertiary/aromatic N) is 3. The minimum Gasteiger partial charge on any atom is -0.497 e. The van der Waals surface area contributed by atoms with E-state index in [1.165, 1.54) is 11.3 Å². The second-order valence-electron chi connectivity index (χ2n) is 8.13. The number of aromatic nitrogens is 3. The number of thiazole rings is 1. The highest BCUT2D eigenvalue weighted by Crippen LogP contribution is 2.43. The van der Waals surface area contributed by atoms with E-state index >= 15 is 0 Å². The lowest BCUT2D eigenvalue weighted by Crippen LogP contribution is -2.25. The number of nitrogens with one attached hydrogen (secondary N) is 1. The number of carbonyl (C=O) groups excluding carboxylic acids is 1. The Morgan fingerprint density at radius 1 is 1.24 bits per heavy atom. The summed E-state index contributed by atoms with van der Waals surface area (Å²) in [6.07, 6.45) is 2.41. The van der Waals surface area contributed by atoms with Gasteiger partial charge in [-0.15, -0.1) is 0 Å². The topological polar surface area (TPSA) is 78.3 Å². The van der Waals surface area contributed by atoms with Gasteiger partial charge in [-0.05, 0) is 37.6 Å². The molecule has 0 fully saturated rings. The number of amides is 1. The molecular weight excluding hydrogens is 436 g/mol. The summed E-state index contributed by atoms with van der Waals surface area (Å²) in [4.78, 5) is 17.6. The SMILES string of the molecule is CCCCOc1ccccc1[C@H]1CC(=O)Nc2c1c(C)nn2-c1nc2ccc(OC)cc2s1. The van der Waals surface area contributed by atoms with Crippen LogP contribution in [0.15, 0.2) is 42.5 Å². The number of hydrogen-bond acceptors (Lipinski definition) is 6. The molecule has 170 valence electrons. The predicted octanol–water partition coefficient (Wildman–Crippen LogP) is 5.45. The van der Waals surface area contributed by atoms with E-state index in [0.29, 0.717) is 24.0 Å². The van der Waals surface area contributed by atoms with Crippen LogP contribution in [0.2, 0.25) is 0 Å². The zero-order valence-electron chi connectivity index (χ0n) is 18.9. The minimum absolute atomic E-state index is 0.0419. The molecule has 0 radical (unpaired) electrons. The van der Waals surface area contributed by atoms with Crippen molar-refractivity contribution in [3.8, 4) is 16.6 Å². The molecule has 1 aliphatic heterocycles. The Labute approximate surface area is 196 Å². The van der Waals surface area contributed by atoms with Crippen LogP contribution in [-0.2, 0) is 4.79 Å². The molecule has 4 aromatic rings. The minimum atomic E-state index is -0.130. The third-order valence-electron chi connectivity index (χ3n) is 5.92. The van der Waals surface area contributed by atoms with Crippen molar-refractivity contribution in [1.82, 2.24) is 14.8 Å². The standard InChI is InChI=1S/C25H26N4O3S/c1-4-5-12-32-20-9-7-6-8-17(20)18-14-22(30)27-24-23(18)15(2)28-29(24)25-26-19-11-10-16(31-3)13-21(19)33-25/h6-11,13,18H,4-5,12,14H2,1-3H3,(H,27,30)/t18-/m1/s1. The second kappa shape index (κ2) is 8.86. The van der Waals surface area contributed by atoms with Crippen LogP contribution in [0.3, 0.4) is 0 Å². The van der Waals surface area contributed by atoms with Gasteiger partial charge in [-0.1, -0.05) is 42.9 Å². The third kappa shape index (κ3) is 3.95. The van der Waals surface area contributed by atoms with Crippen LogP contribution >= 0.6 is 11.3 Å². The molecule has 0 saturated heterocycles. The first-order valence-corrected chi connectivity index (χ1v) is 12.0. The fourth-order valence-electron chi connectivity index (χ4n) is 4.29. The molecule has 7 nitrogen and oxygen atoms in total. The fourth-order valence-corrected chi connectivity index (χ4v) is 5.24. The van der Waals surface area contributed by atoms with Gasteiger partial charge in [0.25, 0.3) is 0 Å². The van der Waals surface area contributed by atoms with Crippen LogP contribution in [-0.4, -0.2) is 34.4 Å². The lowest BCUT2D eigenvalue weighted by molar-refractivity contribution is -0.116. The molecular formula is C25H26N4O3S. The summed E-state index contributed by atoms with van der Waals surface area (Å²) in [6.45, 7) is 4.78. The number of rotatable bonds is 7. The first kappa shape index (κ1) is 21.5. The highest BCUT2D eigenvalue weighted by Gasteiger charge is 2.34. The van der Waals surface area contributed by atoms with Gasteiger partial charge in [0, 0.05) is 23.5 Å². The Morgan fingerprint density at radius 3 is 2.91 bits per heavy atom. The van der Waals surface area contributed by atoms with Gasteiger partial charge < -0.3 is 14.8 Å². The van der Waals surface area contributed by atoms with Gasteiger partial charge >= 0.3 is 0 Å². The summed E-state index contributed by atoms with van der Waals surface area (Å²) < 4.78 is 14.2. The zero-order chi connectivity index (χ0) is 22.9. The molecule has 0 unspecified atom stereocenters. The van der Waals surface area contributed by atoms with Crippen molar-refractivity contribution in [2.45, 2.75) is 39.0 Å². The van der Waals surface area contributed by atoms with E-state index < -0.39 is 0 Å². The van der Waals surface area contributed by atoms with E-state index in [4.69, 9.17) is 19.6 Å². The van der Waals surface area contributed by atoms with E-state index in [9.17, 15) is 4.79 Å². The van der Waals surface area contributed by atoms with Crippen molar-refractivity contribution in [3.63, 3.8) is 0 Å². The van der Waals surface area contributed by atoms with Crippen LogP contribution in [0.5, 0.6) is 11.5 Å². The molecule has 1 N–H and O–H groups in total. The molecule has 3 heterocycles. The molecule has 5 rings (SSSR count). The predicted molar refractivity (Wildman–Crippen MR) is 130 cm³/mol. The average Bonchev–Trinajstić information content (AvgIpc) is 3.39. The van der Waals surface area contributed by atoms with Crippen LogP contribution in [0.1, 0.15) is 48.9 Å². The van der Waals surface area contributed by atoms with Crippen molar-refractivity contribution < 1.29 is 14.3 Å². The van der Waals surface area contributed by atoms with Gasteiger partial charge in [0.05, 0.1) is 29.6 Å². The number of benzene rings is 2. The van der Waals surface area contributed by atoms with Crippen molar-refractivity contribution in [2.75, 3.05) is 19.0 Å². The summed E-state index contributed by atoms with van der Waals surface area (Å²) in [6, 6.07) is 13.8. The number of hydrogen-bond donors (Lipinski definition) is 1. The summed E-state index contributed by atoms with van der Waals surface area (Å²) in [5.41, 5.74) is 3.76. The van der Waals surface area contributed by atoms with Crippen molar-refractivity contribution in [3.05, 3.63) is 59.3 Å². The molecule has 8 heteroatoms.